The van der Waals surface area contributed by atoms with E-state index in [-0.39, 0.29) is 18.7 Å². The molecule has 130 valence electrons. The highest BCUT2D eigenvalue weighted by molar-refractivity contribution is 6.30. The summed E-state index contributed by atoms with van der Waals surface area (Å²) in [4.78, 5) is 28.5. The van der Waals surface area contributed by atoms with Crippen LogP contribution in [0.3, 0.4) is 0 Å². The molecule has 0 aliphatic heterocycles. The Labute approximate surface area is 151 Å². The molecule has 7 heteroatoms. The SMILES string of the molecule is Cc1cc(C)cc(N(CCC#N)C(=O)COC(=O)c2cc(Cl)c[nH]2)c1. The van der Waals surface area contributed by atoms with E-state index in [2.05, 4.69) is 4.98 Å². The molecule has 1 aromatic carbocycles. The molecule has 0 radical (unpaired) electrons. The van der Waals surface area contributed by atoms with Crippen molar-refractivity contribution in [1.82, 2.24) is 4.98 Å². The Kier molecular flexibility index (Phi) is 6.20. The highest BCUT2D eigenvalue weighted by atomic mass is 35.5. The maximum atomic E-state index is 12.5. The van der Waals surface area contributed by atoms with Crippen LogP contribution in [-0.2, 0) is 9.53 Å². The standard InChI is InChI=1S/C18H18ClN3O3/c1-12-6-13(2)8-15(7-12)22(5-3-4-20)17(23)11-25-18(24)16-9-14(19)10-21-16/h6-10,21H,3,5,11H2,1-2H3. The predicted molar refractivity (Wildman–Crippen MR) is 94.6 cm³/mol. The summed E-state index contributed by atoms with van der Waals surface area (Å²) in [5.41, 5.74) is 2.86. The Bertz CT molecular complexity index is 803. The fraction of sp³-hybridized carbons (Fsp3) is 0.278. The van der Waals surface area contributed by atoms with Gasteiger partial charge in [0.1, 0.15) is 5.69 Å². The van der Waals surface area contributed by atoms with Crippen molar-refractivity contribution in [2.45, 2.75) is 20.3 Å². The summed E-state index contributed by atoms with van der Waals surface area (Å²) in [5.74, 6) is -1.06. The van der Waals surface area contributed by atoms with Crippen LogP contribution in [0.15, 0.2) is 30.5 Å². The van der Waals surface area contributed by atoms with E-state index in [0.29, 0.717) is 10.7 Å². The van der Waals surface area contributed by atoms with Crippen molar-refractivity contribution in [3.05, 3.63) is 52.3 Å². The number of amides is 1. The number of aromatic nitrogens is 1. The number of ether oxygens (including phenoxy) is 1. The third-order valence-electron chi connectivity index (χ3n) is 3.46. The predicted octanol–water partition coefficient (Wildman–Crippen LogP) is 3.39. The Morgan fingerprint density at radius 3 is 2.48 bits per heavy atom. The van der Waals surface area contributed by atoms with Crippen LogP contribution in [0.25, 0.3) is 0 Å². The van der Waals surface area contributed by atoms with Crippen molar-refractivity contribution >= 4 is 29.2 Å². The van der Waals surface area contributed by atoms with E-state index >= 15 is 0 Å². The van der Waals surface area contributed by atoms with Crippen molar-refractivity contribution in [2.75, 3.05) is 18.1 Å². The van der Waals surface area contributed by atoms with Gasteiger partial charge in [0.15, 0.2) is 6.61 Å². The lowest BCUT2D eigenvalue weighted by Gasteiger charge is -2.22. The number of carbonyl (C=O) groups is 2. The minimum atomic E-state index is -0.666. The average molecular weight is 360 g/mol. The van der Waals surface area contributed by atoms with E-state index in [9.17, 15) is 9.59 Å². The molecule has 0 bridgehead atoms. The van der Waals surface area contributed by atoms with Gasteiger partial charge in [-0.25, -0.2) is 4.79 Å². The molecule has 1 N–H and O–H groups in total. The monoisotopic (exact) mass is 359 g/mol. The van der Waals surface area contributed by atoms with Crippen molar-refractivity contribution in [1.29, 1.82) is 5.26 Å². The summed E-state index contributed by atoms with van der Waals surface area (Å²) < 4.78 is 5.04. The lowest BCUT2D eigenvalue weighted by molar-refractivity contribution is -0.121. The first-order valence-corrected chi connectivity index (χ1v) is 8.05. The molecule has 1 amide bonds. The van der Waals surface area contributed by atoms with Gasteiger partial charge in [0.2, 0.25) is 0 Å². The molecular weight excluding hydrogens is 342 g/mol. The van der Waals surface area contributed by atoms with Crippen LogP contribution in [0.2, 0.25) is 5.02 Å². The van der Waals surface area contributed by atoms with Gasteiger partial charge in [-0.3, -0.25) is 4.79 Å². The zero-order chi connectivity index (χ0) is 18.4. The lowest BCUT2D eigenvalue weighted by Crippen LogP contribution is -2.35. The van der Waals surface area contributed by atoms with Crippen LogP contribution in [0, 0.1) is 25.2 Å². The maximum absolute atomic E-state index is 12.5. The van der Waals surface area contributed by atoms with Gasteiger partial charge >= 0.3 is 5.97 Å². The topological polar surface area (TPSA) is 86.2 Å². The second-order valence-electron chi connectivity index (χ2n) is 5.61. The fourth-order valence-electron chi connectivity index (χ4n) is 2.43. The summed E-state index contributed by atoms with van der Waals surface area (Å²) in [7, 11) is 0. The van der Waals surface area contributed by atoms with Gasteiger partial charge in [0.05, 0.1) is 17.5 Å². The van der Waals surface area contributed by atoms with E-state index in [4.69, 9.17) is 21.6 Å². The summed E-state index contributed by atoms with van der Waals surface area (Å²) in [6, 6.07) is 9.15. The van der Waals surface area contributed by atoms with Crippen LogP contribution in [-0.4, -0.2) is 30.0 Å². The van der Waals surface area contributed by atoms with E-state index in [1.54, 1.807) is 0 Å². The first kappa shape index (κ1) is 18.6. The number of rotatable bonds is 6. The molecule has 0 fully saturated rings. The van der Waals surface area contributed by atoms with Crippen LogP contribution in [0.4, 0.5) is 5.69 Å². The van der Waals surface area contributed by atoms with Gasteiger partial charge < -0.3 is 14.6 Å². The average Bonchev–Trinajstić information content (AvgIpc) is 2.98. The van der Waals surface area contributed by atoms with Crippen LogP contribution in [0.1, 0.15) is 28.0 Å². The van der Waals surface area contributed by atoms with Gasteiger partial charge in [0.25, 0.3) is 5.91 Å². The molecule has 0 saturated carbocycles. The Balaban J connectivity index is 2.10. The van der Waals surface area contributed by atoms with Crippen molar-refractivity contribution in [3.63, 3.8) is 0 Å². The molecule has 0 spiro atoms. The van der Waals surface area contributed by atoms with Gasteiger partial charge in [0, 0.05) is 18.4 Å². The smallest absolute Gasteiger partial charge is 0.355 e. The number of aryl methyl sites for hydroxylation is 2. The highest BCUT2D eigenvalue weighted by Gasteiger charge is 2.19. The third-order valence-corrected chi connectivity index (χ3v) is 3.68. The van der Waals surface area contributed by atoms with Crippen molar-refractivity contribution < 1.29 is 14.3 Å². The molecule has 0 atom stereocenters. The minimum absolute atomic E-state index is 0.174. The third kappa shape index (κ3) is 5.10. The van der Waals surface area contributed by atoms with Crippen LogP contribution >= 0.6 is 11.6 Å². The maximum Gasteiger partial charge on any atom is 0.355 e. The molecule has 2 rings (SSSR count). The lowest BCUT2D eigenvalue weighted by atomic mass is 10.1. The Morgan fingerprint density at radius 1 is 1.24 bits per heavy atom. The largest absolute Gasteiger partial charge is 0.451 e. The quantitative estimate of drug-likeness (QED) is 0.801. The van der Waals surface area contributed by atoms with Gasteiger partial charge in [-0.2, -0.15) is 5.26 Å². The molecule has 0 saturated heterocycles. The second-order valence-corrected chi connectivity index (χ2v) is 6.04. The van der Waals surface area contributed by atoms with Crippen molar-refractivity contribution in [2.24, 2.45) is 0 Å². The van der Waals surface area contributed by atoms with Crippen molar-refractivity contribution in [3.8, 4) is 6.07 Å². The van der Waals surface area contributed by atoms with E-state index < -0.39 is 18.5 Å². The number of benzene rings is 1. The highest BCUT2D eigenvalue weighted by Crippen LogP contribution is 2.19. The number of nitrogens with zero attached hydrogens (tertiary/aromatic N) is 2. The van der Waals surface area contributed by atoms with Crippen LogP contribution in [0.5, 0.6) is 0 Å². The van der Waals surface area contributed by atoms with Gasteiger partial charge in [-0.05, 0) is 43.2 Å². The number of H-pyrrole nitrogens is 1. The summed E-state index contributed by atoms with van der Waals surface area (Å²) in [6.07, 6.45) is 1.63. The number of esters is 1. The number of halogens is 1. The fourth-order valence-corrected chi connectivity index (χ4v) is 2.60. The number of carbonyl (C=O) groups excluding carboxylic acids is 2. The molecule has 1 heterocycles. The summed E-state index contributed by atoms with van der Waals surface area (Å²) in [5, 5.41) is 9.21. The Hall–Kier alpha value is -2.78. The Morgan fingerprint density at radius 2 is 1.92 bits per heavy atom. The normalized spacial score (nSPS) is 10.2. The molecule has 6 nitrogen and oxygen atoms in total. The number of nitrogens with one attached hydrogen (secondary N) is 1. The second kappa shape index (κ2) is 8.36. The molecule has 0 aliphatic rings. The molecule has 25 heavy (non-hydrogen) atoms. The molecule has 1 aromatic heterocycles. The first-order chi connectivity index (χ1) is 11.9. The zero-order valence-corrected chi connectivity index (χ0v) is 14.8. The number of nitriles is 1. The molecule has 0 aliphatic carbocycles. The first-order valence-electron chi connectivity index (χ1n) is 7.67. The number of hydrogen-bond donors (Lipinski definition) is 1. The van der Waals surface area contributed by atoms with E-state index in [1.807, 2.05) is 38.1 Å². The van der Waals surface area contributed by atoms with E-state index in [0.717, 1.165) is 11.1 Å². The number of aromatic amines is 1. The molecule has 2 aromatic rings. The van der Waals surface area contributed by atoms with Gasteiger partial charge in [-0.15, -0.1) is 0 Å². The molecular formula is C18H18ClN3O3. The summed E-state index contributed by atoms with van der Waals surface area (Å²) >= 11 is 5.74. The van der Waals surface area contributed by atoms with Crippen LogP contribution < -0.4 is 4.90 Å². The molecule has 0 unspecified atom stereocenters. The minimum Gasteiger partial charge on any atom is -0.451 e. The van der Waals surface area contributed by atoms with E-state index in [1.165, 1.54) is 17.2 Å². The number of anilines is 1. The van der Waals surface area contributed by atoms with Gasteiger partial charge in [-0.1, -0.05) is 17.7 Å². The summed E-state index contributed by atoms with van der Waals surface area (Å²) in [6.45, 7) is 3.66. The number of hydrogen-bond acceptors (Lipinski definition) is 4. The zero-order valence-electron chi connectivity index (χ0n) is 14.0.